The first-order valence-electron chi connectivity index (χ1n) is 15.2. The highest BCUT2D eigenvalue weighted by Crippen LogP contribution is 2.38. The van der Waals surface area contributed by atoms with Crippen LogP contribution in [0.3, 0.4) is 0 Å². The lowest BCUT2D eigenvalue weighted by molar-refractivity contribution is -0.134. The molecule has 0 spiro atoms. The summed E-state index contributed by atoms with van der Waals surface area (Å²) in [5.74, 6) is -3.40. The molecule has 1 aliphatic heterocycles. The van der Waals surface area contributed by atoms with Crippen LogP contribution in [-0.2, 0) is 19.1 Å². The predicted octanol–water partition coefficient (Wildman–Crippen LogP) is 4.08. The Kier molecular flexibility index (Phi) is 11.7. The van der Waals surface area contributed by atoms with Crippen LogP contribution in [0.5, 0.6) is 5.75 Å². The van der Waals surface area contributed by atoms with E-state index in [1.54, 1.807) is 34.7 Å². The zero-order valence-corrected chi connectivity index (χ0v) is 27.9. The lowest BCUT2D eigenvalue weighted by atomic mass is 9.85. The average molecular weight is 676 g/mol. The molecule has 254 valence electrons. The van der Waals surface area contributed by atoms with Crippen LogP contribution in [0.2, 0.25) is 5.02 Å². The quantitative estimate of drug-likeness (QED) is 0.164. The number of amides is 3. The summed E-state index contributed by atoms with van der Waals surface area (Å²) in [5, 5.41) is 11.2. The molecule has 3 aromatic rings. The van der Waals surface area contributed by atoms with Crippen LogP contribution in [0.25, 0.3) is 10.9 Å². The van der Waals surface area contributed by atoms with Gasteiger partial charge in [-0.25, -0.2) is 23.6 Å². The van der Waals surface area contributed by atoms with Crippen molar-refractivity contribution < 1.29 is 32.6 Å². The summed E-state index contributed by atoms with van der Waals surface area (Å²) >= 11 is 5.81. The van der Waals surface area contributed by atoms with Gasteiger partial charge in [0.1, 0.15) is 41.4 Å². The van der Waals surface area contributed by atoms with E-state index < -0.39 is 57.9 Å². The highest BCUT2D eigenvalue weighted by molar-refractivity contribution is 6.31. The van der Waals surface area contributed by atoms with Gasteiger partial charge in [0, 0.05) is 18.6 Å². The molecule has 3 amide bonds. The van der Waals surface area contributed by atoms with Gasteiger partial charge < -0.3 is 30.7 Å². The van der Waals surface area contributed by atoms with Crippen molar-refractivity contribution in [3.05, 3.63) is 47.2 Å². The molecule has 1 aliphatic rings. The Morgan fingerprint density at radius 1 is 1.17 bits per heavy atom. The van der Waals surface area contributed by atoms with E-state index >= 15 is 0 Å². The summed E-state index contributed by atoms with van der Waals surface area (Å²) in [7, 11) is 3.13. The van der Waals surface area contributed by atoms with Gasteiger partial charge in [-0.2, -0.15) is 0 Å². The summed E-state index contributed by atoms with van der Waals surface area (Å²) in [4.78, 5) is 51.6. The summed E-state index contributed by atoms with van der Waals surface area (Å²) in [6.45, 7) is 7.86. The number of imide groups is 1. The average Bonchev–Trinajstić information content (AvgIpc) is 3.58. The second-order valence-electron chi connectivity index (χ2n) is 12.2. The number of halogens is 3. The van der Waals surface area contributed by atoms with E-state index in [4.69, 9.17) is 21.1 Å². The van der Waals surface area contributed by atoms with Gasteiger partial charge in [0.05, 0.1) is 35.6 Å². The standard InChI is InChI=1S/C32H40ClF2N7O5/c1-17(36-5)29(43)41-27(32(2,3)4)31(45)42(30(44)21-8-7-11-37-21)23-14-18-22(15-24(23)47-13-12-46-6)38-16-39-28(18)40-20-10-9-19(34)25(33)26(20)35/h9-10,14-17,21,27,36-37H,7-8,11-13H2,1-6H3,(H,41,43)(H,38,39,40)/t17-,21-,27+/m0/s1. The molecule has 47 heavy (non-hydrogen) atoms. The van der Waals surface area contributed by atoms with Gasteiger partial charge in [-0.05, 0) is 57.0 Å². The zero-order chi connectivity index (χ0) is 34.5. The number of hydrogen-bond donors (Lipinski definition) is 4. The highest BCUT2D eigenvalue weighted by atomic mass is 35.5. The topological polar surface area (TPSA) is 147 Å². The van der Waals surface area contributed by atoms with Crippen LogP contribution in [-0.4, -0.2) is 79.7 Å². The number of nitrogens with zero attached hydrogens (tertiary/aromatic N) is 3. The SMILES string of the molecule is CN[C@@H](C)C(=O)N[C@H](C(=O)N(C(=O)[C@@H]1CCCN1)c1cc2c(Nc3ccc(F)c(Cl)c3F)ncnc2cc1OCCOC)C(C)(C)C. The number of rotatable bonds is 12. The smallest absolute Gasteiger partial charge is 0.257 e. The molecule has 2 heterocycles. The highest BCUT2D eigenvalue weighted by Gasteiger charge is 2.42. The van der Waals surface area contributed by atoms with E-state index in [2.05, 4.69) is 31.2 Å². The number of hydrogen-bond acceptors (Lipinski definition) is 10. The Bertz CT molecular complexity index is 1630. The van der Waals surface area contributed by atoms with E-state index in [9.17, 15) is 23.2 Å². The molecule has 0 unspecified atom stereocenters. The minimum absolute atomic E-state index is 0.0536. The predicted molar refractivity (Wildman–Crippen MR) is 175 cm³/mol. The maximum atomic E-state index is 14.9. The molecule has 0 bridgehead atoms. The number of nitrogens with one attached hydrogen (secondary N) is 4. The van der Waals surface area contributed by atoms with Gasteiger partial charge >= 0.3 is 0 Å². The number of anilines is 3. The van der Waals surface area contributed by atoms with Crippen molar-refractivity contribution in [3.8, 4) is 5.75 Å². The van der Waals surface area contributed by atoms with Crippen LogP contribution in [0.1, 0.15) is 40.5 Å². The molecular formula is C32H40ClF2N7O5. The molecule has 0 radical (unpaired) electrons. The zero-order valence-electron chi connectivity index (χ0n) is 27.2. The van der Waals surface area contributed by atoms with Crippen molar-refractivity contribution in [3.63, 3.8) is 0 Å². The Morgan fingerprint density at radius 3 is 2.55 bits per heavy atom. The summed E-state index contributed by atoms with van der Waals surface area (Å²) in [6, 6.07) is 2.76. The van der Waals surface area contributed by atoms with Crippen molar-refractivity contribution in [2.24, 2.45) is 5.41 Å². The number of methoxy groups -OCH3 is 1. The Morgan fingerprint density at radius 2 is 1.91 bits per heavy atom. The molecule has 1 saturated heterocycles. The van der Waals surface area contributed by atoms with Gasteiger partial charge in [-0.3, -0.25) is 14.4 Å². The minimum Gasteiger partial charge on any atom is -0.489 e. The first-order valence-corrected chi connectivity index (χ1v) is 15.6. The lowest BCUT2D eigenvalue weighted by Gasteiger charge is -2.36. The molecule has 1 fully saturated rings. The monoisotopic (exact) mass is 675 g/mol. The van der Waals surface area contributed by atoms with Crippen molar-refractivity contribution in [1.29, 1.82) is 0 Å². The van der Waals surface area contributed by atoms with E-state index in [0.717, 1.165) is 17.4 Å². The number of carbonyl (C=O) groups excluding carboxylic acids is 3. The Labute approximate surface area is 276 Å². The fourth-order valence-corrected chi connectivity index (χ4v) is 5.19. The second-order valence-corrected chi connectivity index (χ2v) is 12.6. The molecule has 1 aromatic heterocycles. The van der Waals surface area contributed by atoms with E-state index in [0.29, 0.717) is 18.5 Å². The molecule has 2 aromatic carbocycles. The molecule has 4 N–H and O–H groups in total. The van der Waals surface area contributed by atoms with Gasteiger partial charge in [-0.15, -0.1) is 0 Å². The number of carbonyl (C=O) groups is 3. The number of aromatic nitrogens is 2. The molecule has 4 rings (SSSR count). The molecular weight excluding hydrogens is 636 g/mol. The van der Waals surface area contributed by atoms with Crippen molar-refractivity contribution in [2.45, 2.75) is 58.7 Å². The van der Waals surface area contributed by atoms with Crippen LogP contribution >= 0.6 is 11.6 Å². The largest absolute Gasteiger partial charge is 0.489 e. The van der Waals surface area contributed by atoms with Crippen molar-refractivity contribution in [1.82, 2.24) is 25.9 Å². The maximum Gasteiger partial charge on any atom is 0.257 e. The number of benzene rings is 2. The number of ether oxygens (including phenoxy) is 2. The second kappa shape index (κ2) is 15.3. The number of fused-ring (bicyclic) bond motifs is 1. The fraction of sp³-hybridized carbons (Fsp3) is 0.469. The normalized spacial score (nSPS) is 16.1. The summed E-state index contributed by atoms with van der Waals surface area (Å²) in [5.41, 5.74) is -0.607. The Balaban J connectivity index is 1.93. The van der Waals surface area contributed by atoms with E-state index in [-0.39, 0.29) is 41.5 Å². The van der Waals surface area contributed by atoms with Crippen LogP contribution < -0.4 is 30.9 Å². The molecule has 15 heteroatoms. The van der Waals surface area contributed by atoms with Crippen molar-refractivity contribution >= 4 is 57.4 Å². The fourth-order valence-electron chi connectivity index (χ4n) is 5.02. The van der Waals surface area contributed by atoms with Gasteiger partial charge in [0.25, 0.3) is 11.8 Å². The number of likely N-dealkylation sites (N-methyl/N-ethyl adjacent to an activating group) is 1. The summed E-state index contributed by atoms with van der Waals surface area (Å²) in [6.07, 6.45) is 2.44. The maximum absolute atomic E-state index is 14.9. The van der Waals surface area contributed by atoms with Crippen LogP contribution in [0.4, 0.5) is 26.0 Å². The van der Waals surface area contributed by atoms with Crippen LogP contribution in [0.15, 0.2) is 30.6 Å². The van der Waals surface area contributed by atoms with E-state index in [1.807, 2.05) is 0 Å². The van der Waals surface area contributed by atoms with Gasteiger partial charge in [-0.1, -0.05) is 32.4 Å². The van der Waals surface area contributed by atoms with E-state index in [1.165, 1.54) is 31.6 Å². The molecule has 12 nitrogen and oxygen atoms in total. The third-order valence-electron chi connectivity index (χ3n) is 7.82. The Hall–Kier alpha value is -3.98. The molecule has 0 saturated carbocycles. The lowest BCUT2D eigenvalue weighted by Crippen LogP contribution is -2.60. The molecule has 0 aliphatic carbocycles. The third kappa shape index (κ3) is 8.12. The molecule has 3 atom stereocenters. The summed E-state index contributed by atoms with van der Waals surface area (Å²) < 4.78 is 40.0. The third-order valence-corrected chi connectivity index (χ3v) is 8.16. The van der Waals surface area contributed by atoms with Gasteiger partial charge in [0.2, 0.25) is 5.91 Å². The first kappa shape index (κ1) is 35.9. The van der Waals surface area contributed by atoms with Crippen LogP contribution in [0, 0.1) is 17.0 Å². The van der Waals surface area contributed by atoms with Gasteiger partial charge in [0.15, 0.2) is 5.82 Å². The minimum atomic E-state index is -1.14. The first-order chi connectivity index (χ1) is 22.3. The van der Waals surface area contributed by atoms with Crippen molar-refractivity contribution in [2.75, 3.05) is 44.1 Å².